The number of hydrogen-bond acceptors (Lipinski definition) is 1. The Bertz CT molecular complexity index is 151. The third kappa shape index (κ3) is 4.47. The van der Waals surface area contributed by atoms with Gasteiger partial charge in [0.25, 0.3) is 0 Å². The second-order valence-electron chi connectivity index (χ2n) is 4.09. The maximum absolute atomic E-state index is 9.31. The summed E-state index contributed by atoms with van der Waals surface area (Å²) in [7, 11) is 0. The Balaban J connectivity index is 2.12. The first-order valence-corrected chi connectivity index (χ1v) is 5.69. The van der Waals surface area contributed by atoms with Crippen LogP contribution < -0.4 is 0 Å². The highest BCUT2D eigenvalue weighted by atomic mass is 16.3. The summed E-state index contributed by atoms with van der Waals surface area (Å²) in [5.41, 5.74) is 1.58. The van der Waals surface area contributed by atoms with E-state index >= 15 is 0 Å². The highest BCUT2D eigenvalue weighted by Gasteiger charge is 2.12. The van der Waals surface area contributed by atoms with Crippen LogP contribution in [0.4, 0.5) is 0 Å². The Morgan fingerprint density at radius 1 is 1.31 bits per heavy atom. The smallest absolute Gasteiger partial charge is 0.0546 e. The van der Waals surface area contributed by atoms with Crippen molar-refractivity contribution in [3.8, 4) is 0 Å². The minimum Gasteiger partial charge on any atom is -0.393 e. The number of unbranched alkanes of at least 4 members (excludes halogenated alkanes) is 3. The van der Waals surface area contributed by atoms with Gasteiger partial charge in [0.15, 0.2) is 0 Å². The van der Waals surface area contributed by atoms with Crippen LogP contribution >= 0.6 is 0 Å². The van der Waals surface area contributed by atoms with Crippen molar-refractivity contribution in [1.82, 2.24) is 0 Å². The van der Waals surface area contributed by atoms with Gasteiger partial charge in [-0.25, -0.2) is 0 Å². The zero-order valence-electron chi connectivity index (χ0n) is 8.76. The summed E-state index contributed by atoms with van der Waals surface area (Å²) >= 11 is 0. The third-order valence-electron chi connectivity index (χ3n) is 2.84. The van der Waals surface area contributed by atoms with E-state index in [1.807, 2.05) is 0 Å². The van der Waals surface area contributed by atoms with E-state index < -0.39 is 0 Å². The van der Waals surface area contributed by atoms with Crippen molar-refractivity contribution < 1.29 is 5.11 Å². The molecule has 1 heteroatoms. The van der Waals surface area contributed by atoms with Crippen LogP contribution in [0.25, 0.3) is 0 Å². The molecule has 1 rings (SSSR count). The molecule has 1 N–H and O–H groups in total. The topological polar surface area (TPSA) is 20.2 Å². The van der Waals surface area contributed by atoms with Crippen LogP contribution in [0.1, 0.15) is 58.3 Å². The molecule has 0 atom stereocenters. The second-order valence-corrected chi connectivity index (χ2v) is 4.09. The monoisotopic (exact) mass is 182 g/mol. The first-order valence-electron chi connectivity index (χ1n) is 5.69. The van der Waals surface area contributed by atoms with Crippen molar-refractivity contribution in [1.29, 1.82) is 0 Å². The fraction of sp³-hybridized carbons (Fsp3) is 0.833. The highest BCUT2D eigenvalue weighted by Crippen LogP contribution is 2.23. The molecule has 0 bridgehead atoms. The summed E-state index contributed by atoms with van der Waals surface area (Å²) in [5, 5.41) is 9.31. The molecule has 0 spiro atoms. The molecule has 0 aliphatic heterocycles. The Hall–Kier alpha value is -0.300. The van der Waals surface area contributed by atoms with E-state index in [2.05, 4.69) is 13.0 Å². The van der Waals surface area contributed by atoms with Gasteiger partial charge in [0.1, 0.15) is 0 Å². The predicted octanol–water partition coefficient (Wildman–Crippen LogP) is 3.43. The van der Waals surface area contributed by atoms with Gasteiger partial charge in [-0.15, -0.1) is 0 Å². The van der Waals surface area contributed by atoms with Gasteiger partial charge in [0.2, 0.25) is 0 Å². The van der Waals surface area contributed by atoms with Gasteiger partial charge in [0.05, 0.1) is 6.10 Å². The summed E-state index contributed by atoms with van der Waals surface area (Å²) < 4.78 is 0. The molecule has 1 fully saturated rings. The first-order chi connectivity index (χ1) is 6.33. The van der Waals surface area contributed by atoms with Crippen LogP contribution in [-0.4, -0.2) is 11.2 Å². The fourth-order valence-electron chi connectivity index (χ4n) is 1.88. The van der Waals surface area contributed by atoms with Crippen molar-refractivity contribution in [2.75, 3.05) is 0 Å². The lowest BCUT2D eigenvalue weighted by atomic mass is 9.92. The third-order valence-corrected chi connectivity index (χ3v) is 2.84. The molecule has 1 aliphatic carbocycles. The van der Waals surface area contributed by atoms with Gasteiger partial charge < -0.3 is 5.11 Å². The predicted molar refractivity (Wildman–Crippen MR) is 56.7 cm³/mol. The summed E-state index contributed by atoms with van der Waals surface area (Å²) in [6.45, 7) is 2.24. The van der Waals surface area contributed by atoms with Crippen LogP contribution in [0.5, 0.6) is 0 Å². The molecule has 0 aromatic carbocycles. The maximum Gasteiger partial charge on any atom is 0.0546 e. The van der Waals surface area contributed by atoms with Crippen LogP contribution in [0.3, 0.4) is 0 Å². The minimum absolute atomic E-state index is 0.0206. The number of aliphatic hydroxyl groups excluding tert-OH is 1. The van der Waals surface area contributed by atoms with Crippen LogP contribution in [0, 0.1) is 0 Å². The van der Waals surface area contributed by atoms with E-state index in [0.717, 1.165) is 25.7 Å². The van der Waals surface area contributed by atoms with E-state index in [4.69, 9.17) is 0 Å². The standard InChI is InChI=1S/C12H22O/c1-2-3-4-5-6-11-7-9-12(13)10-8-11/h6,12-13H,2-5,7-10H2,1H3. The molecule has 0 amide bonds. The quantitative estimate of drug-likeness (QED) is 0.521. The van der Waals surface area contributed by atoms with Crippen molar-refractivity contribution in [3.63, 3.8) is 0 Å². The van der Waals surface area contributed by atoms with E-state index in [-0.39, 0.29) is 6.10 Å². The molecular formula is C12H22O. The summed E-state index contributed by atoms with van der Waals surface area (Å²) in [4.78, 5) is 0. The molecule has 0 aromatic rings. The summed E-state index contributed by atoms with van der Waals surface area (Å²) in [6.07, 6.45) is 11.9. The Labute approximate surface area is 81.9 Å². The average Bonchev–Trinajstić information content (AvgIpc) is 2.15. The molecule has 0 unspecified atom stereocenters. The largest absolute Gasteiger partial charge is 0.393 e. The average molecular weight is 182 g/mol. The van der Waals surface area contributed by atoms with Crippen LogP contribution in [-0.2, 0) is 0 Å². The van der Waals surface area contributed by atoms with Gasteiger partial charge in [-0.3, -0.25) is 0 Å². The molecule has 0 heterocycles. The van der Waals surface area contributed by atoms with Crippen LogP contribution in [0.15, 0.2) is 11.6 Å². The van der Waals surface area contributed by atoms with Gasteiger partial charge in [-0.2, -0.15) is 0 Å². The lowest BCUT2D eigenvalue weighted by Crippen LogP contribution is -2.12. The van der Waals surface area contributed by atoms with E-state index in [1.165, 1.54) is 25.7 Å². The summed E-state index contributed by atoms with van der Waals surface area (Å²) in [5.74, 6) is 0. The number of rotatable bonds is 4. The molecule has 76 valence electrons. The lowest BCUT2D eigenvalue weighted by Gasteiger charge is -2.19. The molecule has 13 heavy (non-hydrogen) atoms. The van der Waals surface area contributed by atoms with Gasteiger partial charge in [0, 0.05) is 0 Å². The SMILES string of the molecule is CCCCCC=C1CCC(O)CC1. The molecule has 1 aliphatic rings. The lowest BCUT2D eigenvalue weighted by molar-refractivity contribution is 0.143. The maximum atomic E-state index is 9.31. The van der Waals surface area contributed by atoms with Crippen molar-refractivity contribution in [2.45, 2.75) is 64.4 Å². The van der Waals surface area contributed by atoms with E-state index in [1.54, 1.807) is 5.57 Å². The highest BCUT2D eigenvalue weighted by molar-refractivity contribution is 5.05. The zero-order chi connectivity index (χ0) is 9.52. The molecule has 1 saturated carbocycles. The Kier molecular flexibility index (Phi) is 5.14. The molecule has 0 radical (unpaired) electrons. The molecule has 1 nitrogen and oxygen atoms in total. The second kappa shape index (κ2) is 6.20. The normalized spacial score (nSPS) is 23.2. The minimum atomic E-state index is -0.0206. The van der Waals surface area contributed by atoms with Crippen molar-refractivity contribution in [2.24, 2.45) is 0 Å². The molecule has 0 aromatic heterocycles. The Morgan fingerprint density at radius 3 is 2.62 bits per heavy atom. The van der Waals surface area contributed by atoms with Gasteiger partial charge in [-0.1, -0.05) is 31.4 Å². The molecular weight excluding hydrogens is 160 g/mol. The van der Waals surface area contributed by atoms with Crippen molar-refractivity contribution in [3.05, 3.63) is 11.6 Å². The van der Waals surface area contributed by atoms with Crippen molar-refractivity contribution >= 4 is 0 Å². The van der Waals surface area contributed by atoms with Gasteiger partial charge >= 0.3 is 0 Å². The number of aliphatic hydroxyl groups is 1. The van der Waals surface area contributed by atoms with E-state index in [0.29, 0.717) is 0 Å². The van der Waals surface area contributed by atoms with E-state index in [9.17, 15) is 5.11 Å². The fourth-order valence-corrected chi connectivity index (χ4v) is 1.88. The summed E-state index contributed by atoms with van der Waals surface area (Å²) in [6, 6.07) is 0. The first kappa shape index (κ1) is 10.8. The number of allylic oxidation sites excluding steroid dienone is 2. The molecule has 0 saturated heterocycles. The number of hydrogen-bond donors (Lipinski definition) is 1. The van der Waals surface area contributed by atoms with Crippen LogP contribution in [0.2, 0.25) is 0 Å². The Morgan fingerprint density at radius 2 is 2.00 bits per heavy atom. The zero-order valence-corrected chi connectivity index (χ0v) is 8.76. The van der Waals surface area contributed by atoms with Gasteiger partial charge in [-0.05, 0) is 38.5 Å².